The van der Waals surface area contributed by atoms with Crippen molar-refractivity contribution in [2.24, 2.45) is 5.41 Å². The summed E-state index contributed by atoms with van der Waals surface area (Å²) in [6.07, 6.45) is 1.88. The zero-order valence-electron chi connectivity index (χ0n) is 25.4. The average Bonchev–Trinajstić information content (AvgIpc) is 3.07. The highest BCUT2D eigenvalue weighted by molar-refractivity contribution is 5.69. The van der Waals surface area contributed by atoms with Crippen molar-refractivity contribution in [3.05, 3.63) is 107 Å². The van der Waals surface area contributed by atoms with Gasteiger partial charge in [-0.2, -0.15) is 0 Å². The molecule has 5 aromatic rings. The lowest BCUT2D eigenvalue weighted by Crippen LogP contribution is -2.42. The zero-order chi connectivity index (χ0) is 29.2. The van der Waals surface area contributed by atoms with E-state index in [1.165, 1.54) is 22.3 Å². The molecule has 4 heteroatoms. The molecule has 0 radical (unpaired) electrons. The molecular weight excluding hydrogens is 500 g/mol. The average molecular weight is 539 g/mol. The minimum Gasteiger partial charge on any atom is -0.255 e. The van der Waals surface area contributed by atoms with Gasteiger partial charge >= 0.3 is 0 Å². The summed E-state index contributed by atoms with van der Waals surface area (Å²) in [6, 6.07) is 27.6. The minimum atomic E-state index is 0.0470. The number of aromatic nitrogens is 4. The molecule has 0 amide bonds. The molecule has 0 spiro atoms. The predicted octanol–water partition coefficient (Wildman–Crippen LogP) is 9.15. The summed E-state index contributed by atoms with van der Waals surface area (Å²) < 4.78 is 0. The molecular formula is C37H38N4. The van der Waals surface area contributed by atoms with Crippen LogP contribution in [0.15, 0.2) is 85.1 Å². The van der Waals surface area contributed by atoms with Crippen molar-refractivity contribution in [3.63, 3.8) is 0 Å². The molecule has 0 unspecified atom stereocenters. The maximum atomic E-state index is 4.90. The molecule has 0 N–H and O–H groups in total. The second-order valence-corrected chi connectivity index (χ2v) is 13.1. The van der Waals surface area contributed by atoms with Crippen LogP contribution in [0.2, 0.25) is 0 Å². The third-order valence-corrected chi connectivity index (χ3v) is 10.1. The summed E-state index contributed by atoms with van der Waals surface area (Å²) in [6.45, 7) is 18.4. The number of fused-ring (bicyclic) bond motifs is 1. The molecule has 206 valence electrons. The highest BCUT2D eigenvalue weighted by atomic mass is 15.0. The quantitative estimate of drug-likeness (QED) is 0.229. The number of rotatable bonds is 4. The van der Waals surface area contributed by atoms with Crippen LogP contribution in [0, 0.1) is 19.3 Å². The monoisotopic (exact) mass is 538 g/mol. The van der Waals surface area contributed by atoms with Gasteiger partial charge in [0.05, 0.1) is 5.69 Å². The number of aryl methyl sites for hydroxylation is 2. The highest BCUT2D eigenvalue weighted by Crippen LogP contribution is 2.61. The molecule has 1 aliphatic carbocycles. The first-order chi connectivity index (χ1) is 19.4. The standard InChI is InChI=1S/C37H38N4/c1-23-9-13-25(14-10-23)32-39-33(26-15-11-24(2)12-16-26)41-34(40-32)28-18-20-31(38-22-28)27-17-19-29-30(21-27)36(5,6)37(7,8)35(29,3)4/h9-22H,1-8H3. The predicted molar refractivity (Wildman–Crippen MR) is 169 cm³/mol. The van der Waals surface area contributed by atoms with Gasteiger partial charge in [-0.05, 0) is 59.4 Å². The Kier molecular flexibility index (Phi) is 6.22. The van der Waals surface area contributed by atoms with Gasteiger partial charge in [0.1, 0.15) is 0 Å². The number of nitrogens with zero attached hydrogens (tertiary/aromatic N) is 4. The Morgan fingerprint density at radius 2 is 0.902 bits per heavy atom. The van der Waals surface area contributed by atoms with E-state index >= 15 is 0 Å². The van der Waals surface area contributed by atoms with Crippen molar-refractivity contribution >= 4 is 0 Å². The van der Waals surface area contributed by atoms with Crippen LogP contribution < -0.4 is 0 Å². The smallest absolute Gasteiger partial charge is 0.165 e. The van der Waals surface area contributed by atoms with Crippen LogP contribution >= 0.6 is 0 Å². The summed E-state index contributed by atoms with van der Waals surface area (Å²) in [7, 11) is 0. The third-order valence-electron chi connectivity index (χ3n) is 10.1. The van der Waals surface area contributed by atoms with Crippen molar-refractivity contribution in [1.29, 1.82) is 0 Å². The van der Waals surface area contributed by atoms with E-state index in [9.17, 15) is 0 Å². The Labute approximate surface area is 244 Å². The number of hydrogen-bond acceptors (Lipinski definition) is 4. The first-order valence-electron chi connectivity index (χ1n) is 14.4. The molecule has 0 saturated heterocycles. The van der Waals surface area contributed by atoms with Gasteiger partial charge in [-0.1, -0.05) is 113 Å². The number of benzene rings is 3. The molecule has 4 nitrogen and oxygen atoms in total. The lowest BCUT2D eigenvalue weighted by atomic mass is 9.59. The molecule has 0 atom stereocenters. The normalized spacial score (nSPS) is 16.4. The van der Waals surface area contributed by atoms with Gasteiger partial charge in [0.2, 0.25) is 0 Å². The van der Waals surface area contributed by atoms with Crippen molar-refractivity contribution in [1.82, 2.24) is 19.9 Å². The Bertz CT molecular complexity index is 1680. The van der Waals surface area contributed by atoms with Crippen LogP contribution in [-0.2, 0) is 10.8 Å². The van der Waals surface area contributed by atoms with E-state index in [1.54, 1.807) is 0 Å². The zero-order valence-corrected chi connectivity index (χ0v) is 25.4. The molecule has 0 bridgehead atoms. The van der Waals surface area contributed by atoms with E-state index in [1.807, 2.05) is 6.20 Å². The molecule has 2 heterocycles. The second kappa shape index (κ2) is 9.44. The van der Waals surface area contributed by atoms with Gasteiger partial charge in [0.25, 0.3) is 0 Å². The molecule has 0 saturated carbocycles. The summed E-state index contributed by atoms with van der Waals surface area (Å²) in [5, 5.41) is 0. The Morgan fingerprint density at radius 1 is 0.463 bits per heavy atom. The lowest BCUT2D eigenvalue weighted by molar-refractivity contribution is 0.125. The first-order valence-corrected chi connectivity index (χ1v) is 14.4. The Balaban J connectivity index is 1.40. The highest BCUT2D eigenvalue weighted by Gasteiger charge is 2.56. The van der Waals surface area contributed by atoms with Crippen molar-refractivity contribution in [3.8, 4) is 45.4 Å². The van der Waals surface area contributed by atoms with Crippen molar-refractivity contribution < 1.29 is 0 Å². The second-order valence-electron chi connectivity index (χ2n) is 13.1. The molecule has 6 rings (SSSR count). The fraction of sp³-hybridized carbons (Fsp3) is 0.297. The van der Waals surface area contributed by atoms with E-state index in [0.29, 0.717) is 17.5 Å². The van der Waals surface area contributed by atoms with Crippen LogP contribution in [-0.4, -0.2) is 19.9 Å². The van der Waals surface area contributed by atoms with Gasteiger partial charge in [-0.3, -0.25) is 4.98 Å². The molecule has 0 fully saturated rings. The van der Waals surface area contributed by atoms with Gasteiger partial charge in [0.15, 0.2) is 17.5 Å². The third kappa shape index (κ3) is 4.37. The summed E-state index contributed by atoms with van der Waals surface area (Å²) in [4.78, 5) is 19.5. The fourth-order valence-corrected chi connectivity index (χ4v) is 6.09. The van der Waals surface area contributed by atoms with Crippen LogP contribution in [0.25, 0.3) is 45.4 Å². The van der Waals surface area contributed by atoms with E-state index in [2.05, 4.69) is 134 Å². The first kappa shape index (κ1) is 27.0. The minimum absolute atomic E-state index is 0.0470. The van der Waals surface area contributed by atoms with Crippen molar-refractivity contribution in [2.45, 2.75) is 66.2 Å². The SMILES string of the molecule is Cc1ccc(-c2nc(-c3ccc(C)cc3)nc(-c3ccc(-c4ccc5c(c4)C(C)(C)C(C)(C)C5(C)C)nc3)n2)cc1. The van der Waals surface area contributed by atoms with E-state index in [4.69, 9.17) is 19.9 Å². The summed E-state index contributed by atoms with van der Waals surface area (Å²) in [5.74, 6) is 1.92. The van der Waals surface area contributed by atoms with Crippen LogP contribution in [0.4, 0.5) is 0 Å². The Hall–Kier alpha value is -4.18. The summed E-state index contributed by atoms with van der Waals surface area (Å²) in [5.41, 5.74) is 10.4. The van der Waals surface area contributed by atoms with Crippen molar-refractivity contribution in [2.75, 3.05) is 0 Å². The van der Waals surface area contributed by atoms with Crippen LogP contribution in [0.3, 0.4) is 0 Å². The maximum absolute atomic E-state index is 4.90. The van der Waals surface area contributed by atoms with Gasteiger partial charge in [0, 0.05) is 28.5 Å². The Morgan fingerprint density at radius 3 is 1.39 bits per heavy atom. The molecule has 2 aromatic heterocycles. The molecule has 0 aliphatic heterocycles. The van der Waals surface area contributed by atoms with E-state index in [0.717, 1.165) is 27.9 Å². The number of hydrogen-bond donors (Lipinski definition) is 0. The van der Waals surface area contributed by atoms with Gasteiger partial charge in [-0.15, -0.1) is 0 Å². The van der Waals surface area contributed by atoms with E-state index < -0.39 is 0 Å². The fourth-order valence-electron chi connectivity index (χ4n) is 6.09. The van der Waals surface area contributed by atoms with Crippen LogP contribution in [0.5, 0.6) is 0 Å². The summed E-state index contributed by atoms with van der Waals surface area (Å²) >= 11 is 0. The van der Waals surface area contributed by atoms with Gasteiger partial charge < -0.3 is 0 Å². The van der Waals surface area contributed by atoms with Crippen LogP contribution in [0.1, 0.15) is 63.8 Å². The number of pyridine rings is 1. The van der Waals surface area contributed by atoms with Gasteiger partial charge in [-0.25, -0.2) is 15.0 Å². The largest absolute Gasteiger partial charge is 0.255 e. The lowest BCUT2D eigenvalue weighted by Gasteiger charge is -2.44. The van der Waals surface area contributed by atoms with E-state index in [-0.39, 0.29) is 16.2 Å². The molecule has 1 aliphatic rings. The topological polar surface area (TPSA) is 51.6 Å². The maximum Gasteiger partial charge on any atom is 0.165 e. The molecule has 41 heavy (non-hydrogen) atoms. The molecule has 3 aromatic carbocycles.